The highest BCUT2D eigenvalue weighted by molar-refractivity contribution is 5.89. The minimum atomic E-state index is -0.208. The topological polar surface area (TPSA) is 88.9 Å². The van der Waals surface area contributed by atoms with Gasteiger partial charge in [0.1, 0.15) is 18.3 Å². The molecule has 1 aliphatic heterocycles. The lowest BCUT2D eigenvalue weighted by molar-refractivity contribution is 0.344. The van der Waals surface area contributed by atoms with Gasteiger partial charge in [-0.05, 0) is 42.5 Å². The maximum atomic E-state index is 9.01. The van der Waals surface area contributed by atoms with Gasteiger partial charge in [-0.25, -0.2) is 9.97 Å². The van der Waals surface area contributed by atoms with E-state index in [1.807, 2.05) is 59.7 Å². The molecule has 0 radical (unpaired) electrons. The molecule has 7 heteroatoms. The zero-order chi connectivity index (χ0) is 19.6. The van der Waals surface area contributed by atoms with Crippen LogP contribution in [0.4, 0.5) is 17.2 Å². The smallest absolute Gasteiger partial charge is 0.147 e. The summed E-state index contributed by atoms with van der Waals surface area (Å²) in [6, 6.07) is 25.5. The first kappa shape index (κ1) is 17.0. The van der Waals surface area contributed by atoms with Crippen LogP contribution in [-0.2, 0) is 0 Å². The van der Waals surface area contributed by atoms with Gasteiger partial charge < -0.3 is 5.32 Å². The molecule has 0 aliphatic carbocycles. The monoisotopic (exact) mass is 379 g/mol. The lowest BCUT2D eigenvalue weighted by Crippen LogP contribution is -2.37. The third-order valence-corrected chi connectivity index (χ3v) is 4.83. The summed E-state index contributed by atoms with van der Waals surface area (Å²) in [6.07, 6.45) is 1.36. The van der Waals surface area contributed by atoms with Crippen molar-refractivity contribution in [1.29, 1.82) is 5.26 Å². The number of nitriles is 1. The highest BCUT2D eigenvalue weighted by Gasteiger charge is 2.30. The Balaban J connectivity index is 1.49. The number of hydrogen-bond donors (Lipinski definition) is 3. The Morgan fingerprint density at radius 1 is 0.931 bits per heavy atom. The van der Waals surface area contributed by atoms with E-state index in [-0.39, 0.29) is 6.17 Å². The van der Waals surface area contributed by atoms with E-state index in [0.717, 1.165) is 33.7 Å². The summed E-state index contributed by atoms with van der Waals surface area (Å²) in [7, 11) is 0. The Morgan fingerprint density at radius 3 is 2.59 bits per heavy atom. The van der Waals surface area contributed by atoms with Crippen LogP contribution < -0.4 is 16.2 Å². The third kappa shape index (κ3) is 3.18. The van der Waals surface area contributed by atoms with Crippen molar-refractivity contribution in [2.75, 3.05) is 16.2 Å². The zero-order valence-corrected chi connectivity index (χ0v) is 15.4. The van der Waals surface area contributed by atoms with E-state index in [0.29, 0.717) is 5.56 Å². The van der Waals surface area contributed by atoms with Crippen LogP contribution in [0.1, 0.15) is 17.3 Å². The molecule has 3 aromatic carbocycles. The minimum absolute atomic E-state index is 0.208. The molecular formula is C22H17N7. The lowest BCUT2D eigenvalue weighted by Gasteiger charge is -2.27. The van der Waals surface area contributed by atoms with E-state index >= 15 is 0 Å². The molecule has 0 saturated heterocycles. The molecule has 1 atom stereocenters. The van der Waals surface area contributed by atoms with E-state index in [2.05, 4.69) is 38.3 Å². The number of rotatable bonds is 4. The third-order valence-electron chi connectivity index (χ3n) is 4.83. The number of nitrogens with one attached hydrogen (secondary N) is 3. The highest BCUT2D eigenvalue weighted by Crippen LogP contribution is 2.36. The van der Waals surface area contributed by atoms with Gasteiger partial charge in [0.2, 0.25) is 0 Å². The van der Waals surface area contributed by atoms with Gasteiger partial charge in [-0.2, -0.15) is 5.26 Å². The van der Waals surface area contributed by atoms with Gasteiger partial charge in [0.15, 0.2) is 0 Å². The van der Waals surface area contributed by atoms with E-state index in [4.69, 9.17) is 5.26 Å². The normalized spacial score (nSPS) is 15.3. The summed E-state index contributed by atoms with van der Waals surface area (Å²) in [6.45, 7) is 0. The van der Waals surface area contributed by atoms with Crippen LogP contribution in [0.2, 0.25) is 0 Å². The average Bonchev–Trinajstić information content (AvgIpc) is 3.11. The van der Waals surface area contributed by atoms with Gasteiger partial charge in [0.25, 0.3) is 0 Å². The van der Waals surface area contributed by atoms with Crippen LogP contribution in [0.25, 0.3) is 10.9 Å². The fourth-order valence-corrected chi connectivity index (χ4v) is 3.41. The molecule has 0 bridgehead atoms. The number of nitrogens with zero attached hydrogens (tertiary/aromatic N) is 4. The van der Waals surface area contributed by atoms with Crippen molar-refractivity contribution in [3.05, 3.63) is 90.3 Å². The number of hydrogen-bond acceptors (Lipinski definition) is 7. The Labute approximate surface area is 167 Å². The predicted octanol–water partition coefficient (Wildman–Crippen LogP) is 4.28. The van der Waals surface area contributed by atoms with Gasteiger partial charge in [-0.15, -0.1) is 5.12 Å². The van der Waals surface area contributed by atoms with Gasteiger partial charge in [0.05, 0.1) is 28.5 Å². The minimum Gasteiger partial charge on any atom is -0.347 e. The van der Waals surface area contributed by atoms with Crippen molar-refractivity contribution < 1.29 is 0 Å². The van der Waals surface area contributed by atoms with Gasteiger partial charge in [0, 0.05) is 10.9 Å². The molecule has 5 rings (SSSR count). The van der Waals surface area contributed by atoms with Crippen molar-refractivity contribution >= 4 is 28.1 Å². The molecule has 0 fully saturated rings. The highest BCUT2D eigenvalue weighted by atomic mass is 15.8. The molecule has 140 valence electrons. The first-order chi connectivity index (χ1) is 14.3. The number of benzene rings is 3. The second kappa shape index (κ2) is 7.11. The molecule has 29 heavy (non-hydrogen) atoms. The van der Waals surface area contributed by atoms with E-state index in [1.54, 1.807) is 18.5 Å². The Kier molecular flexibility index (Phi) is 4.16. The van der Waals surface area contributed by atoms with Crippen molar-refractivity contribution in [1.82, 2.24) is 15.1 Å². The second-order valence-electron chi connectivity index (χ2n) is 6.66. The van der Waals surface area contributed by atoms with Gasteiger partial charge >= 0.3 is 0 Å². The van der Waals surface area contributed by atoms with Crippen LogP contribution in [0.5, 0.6) is 0 Å². The van der Waals surface area contributed by atoms with Crippen molar-refractivity contribution in [3.8, 4) is 6.07 Å². The molecule has 0 saturated carbocycles. The molecule has 0 spiro atoms. The van der Waals surface area contributed by atoms with Crippen LogP contribution in [0.3, 0.4) is 0 Å². The SMILES string of the molecule is N#Cc1ccc(NN2Nc3ccccc3C2Nc2ncnc3ccccc23)cc1. The summed E-state index contributed by atoms with van der Waals surface area (Å²) in [5.41, 5.74) is 11.2. The first-order valence-corrected chi connectivity index (χ1v) is 9.20. The first-order valence-electron chi connectivity index (χ1n) is 9.20. The van der Waals surface area contributed by atoms with Crippen LogP contribution in [0, 0.1) is 11.3 Å². The van der Waals surface area contributed by atoms with Crippen LogP contribution in [0.15, 0.2) is 79.1 Å². The number of fused-ring (bicyclic) bond motifs is 2. The second-order valence-corrected chi connectivity index (χ2v) is 6.66. The quantitative estimate of drug-likeness (QED) is 0.488. The zero-order valence-electron chi connectivity index (χ0n) is 15.4. The largest absolute Gasteiger partial charge is 0.347 e. The van der Waals surface area contributed by atoms with Crippen molar-refractivity contribution in [2.45, 2.75) is 6.17 Å². The maximum absolute atomic E-state index is 9.01. The molecule has 1 aromatic heterocycles. The summed E-state index contributed by atoms with van der Waals surface area (Å²) in [5, 5.41) is 15.4. The van der Waals surface area contributed by atoms with Crippen molar-refractivity contribution in [2.24, 2.45) is 0 Å². The fraction of sp³-hybridized carbons (Fsp3) is 0.0455. The number of para-hydroxylation sites is 2. The Hall–Kier alpha value is -4.15. The summed E-state index contributed by atoms with van der Waals surface area (Å²) in [4.78, 5) is 8.81. The number of aromatic nitrogens is 2. The molecule has 3 N–H and O–H groups in total. The number of hydrazine groups is 2. The summed E-state index contributed by atoms with van der Waals surface area (Å²) < 4.78 is 0. The maximum Gasteiger partial charge on any atom is 0.147 e. The molecule has 0 amide bonds. The van der Waals surface area contributed by atoms with E-state index in [1.165, 1.54) is 0 Å². The molecule has 1 unspecified atom stereocenters. The fourth-order valence-electron chi connectivity index (χ4n) is 3.41. The van der Waals surface area contributed by atoms with Crippen molar-refractivity contribution in [3.63, 3.8) is 0 Å². The van der Waals surface area contributed by atoms with Crippen LogP contribution in [-0.4, -0.2) is 15.1 Å². The number of anilines is 3. The molecule has 7 nitrogen and oxygen atoms in total. The van der Waals surface area contributed by atoms with E-state index < -0.39 is 0 Å². The van der Waals surface area contributed by atoms with E-state index in [9.17, 15) is 0 Å². The van der Waals surface area contributed by atoms with Gasteiger partial charge in [-0.3, -0.25) is 10.9 Å². The molecule has 4 aromatic rings. The Bertz CT molecular complexity index is 1210. The summed E-state index contributed by atoms with van der Waals surface area (Å²) in [5.74, 6) is 0.755. The average molecular weight is 379 g/mol. The standard InChI is InChI=1S/C22H17N7/c23-13-15-9-11-16(12-10-15)27-29-22(18-6-2-4-8-20(18)28-29)26-21-17-5-1-3-7-19(17)24-14-25-21/h1-12,14,22,27-28H,(H,24,25,26). The summed E-state index contributed by atoms with van der Waals surface area (Å²) >= 11 is 0. The Morgan fingerprint density at radius 2 is 1.72 bits per heavy atom. The lowest BCUT2D eigenvalue weighted by atomic mass is 10.1. The van der Waals surface area contributed by atoms with Gasteiger partial charge in [-0.1, -0.05) is 30.3 Å². The molecule has 1 aliphatic rings. The molecule has 2 heterocycles. The molecular weight excluding hydrogens is 362 g/mol. The predicted molar refractivity (Wildman–Crippen MR) is 113 cm³/mol. The van der Waals surface area contributed by atoms with Crippen LogP contribution >= 0.6 is 0 Å².